The van der Waals surface area contributed by atoms with Gasteiger partial charge in [-0.15, -0.1) is 53.6 Å². The maximum absolute atomic E-state index is 8.79. The molecule has 0 atom stereocenters. The SMILES string of the molecule is Cc1ccc2c(n1)oc1c(-c3nc4ccncc4n3-c3c(C(C)C)cc(-c4ccccc4)cc3C(C)C)[c-]ccc12.[2H]C([2H])([2H])c1c[c-]c(-c2cc(C([2H])([2H])C(C)(C)C)c([Si](C)(C)C)cn2)cc1.[Ir]. The van der Waals surface area contributed by atoms with Crippen LogP contribution >= 0.6 is 0 Å². The summed E-state index contributed by atoms with van der Waals surface area (Å²) in [6.07, 6.45) is 3.98. The molecule has 64 heavy (non-hydrogen) atoms. The molecule has 0 N–H and O–H groups in total. The summed E-state index contributed by atoms with van der Waals surface area (Å²) in [5.74, 6) is 1.32. The molecule has 8 heteroatoms. The molecule has 0 unspecified atom stereocenters. The second-order valence-corrected chi connectivity index (χ2v) is 24.1. The first kappa shape index (κ1) is 40.0. The van der Waals surface area contributed by atoms with Crippen molar-refractivity contribution in [1.29, 1.82) is 0 Å². The van der Waals surface area contributed by atoms with Crippen molar-refractivity contribution in [1.82, 2.24) is 24.5 Å². The van der Waals surface area contributed by atoms with E-state index in [2.05, 4.69) is 128 Å². The Bertz CT molecular complexity index is 3260. The van der Waals surface area contributed by atoms with Gasteiger partial charge in [0.2, 0.25) is 5.71 Å². The van der Waals surface area contributed by atoms with Gasteiger partial charge < -0.3 is 14.0 Å². The van der Waals surface area contributed by atoms with Crippen molar-refractivity contribution in [3.05, 3.63) is 156 Å². The van der Waals surface area contributed by atoms with Gasteiger partial charge in [0, 0.05) is 56.1 Å². The minimum absolute atomic E-state index is 0. The molecule has 9 rings (SSSR count). The summed E-state index contributed by atoms with van der Waals surface area (Å²) in [7, 11) is -1.81. The number of rotatable bonds is 8. The van der Waals surface area contributed by atoms with Crippen LogP contribution in [0.4, 0.5) is 0 Å². The monoisotopic (exact) mass is 1040 g/mol. The topological polar surface area (TPSA) is 69.6 Å². The Labute approximate surface area is 401 Å². The Balaban J connectivity index is 0.000000220. The summed E-state index contributed by atoms with van der Waals surface area (Å²) < 4.78 is 48.7. The van der Waals surface area contributed by atoms with Crippen LogP contribution in [-0.2, 0) is 26.5 Å². The van der Waals surface area contributed by atoms with Gasteiger partial charge in [0.05, 0.1) is 36.7 Å². The minimum atomic E-state index is -2.17. The molecule has 0 aliphatic carbocycles. The van der Waals surface area contributed by atoms with E-state index in [0.29, 0.717) is 22.5 Å². The van der Waals surface area contributed by atoms with Crippen LogP contribution in [0.5, 0.6) is 0 Å². The van der Waals surface area contributed by atoms with E-state index in [4.69, 9.17) is 16.3 Å². The summed E-state index contributed by atoms with van der Waals surface area (Å²) in [6, 6.07) is 38.4. The van der Waals surface area contributed by atoms with Crippen molar-refractivity contribution >= 4 is 46.4 Å². The summed E-state index contributed by atoms with van der Waals surface area (Å²) in [5, 5.41) is 3.00. The summed E-state index contributed by atoms with van der Waals surface area (Å²) in [5.41, 5.74) is 12.6. The predicted octanol–water partition coefficient (Wildman–Crippen LogP) is 14.4. The van der Waals surface area contributed by atoms with Crippen LogP contribution in [0, 0.1) is 31.3 Å². The first-order valence-electron chi connectivity index (χ1n) is 24.3. The molecular weight excluding hydrogens is 979 g/mol. The van der Waals surface area contributed by atoms with E-state index >= 15 is 0 Å². The van der Waals surface area contributed by atoms with E-state index in [1.807, 2.05) is 64.2 Å². The number of nitrogens with zero attached hydrogens (tertiary/aromatic N) is 5. The van der Waals surface area contributed by atoms with Crippen molar-refractivity contribution < 1.29 is 31.4 Å². The second-order valence-electron chi connectivity index (χ2n) is 19.0. The molecule has 0 amide bonds. The zero-order chi connectivity index (χ0) is 49.1. The molecular formula is C56H59IrN5OSi-2. The third-order valence-electron chi connectivity index (χ3n) is 11.2. The fraction of sp³-hybridized carbons (Fsp3) is 0.286. The van der Waals surface area contributed by atoms with Gasteiger partial charge in [-0.05, 0) is 94.0 Å². The second kappa shape index (κ2) is 18.5. The molecule has 5 heterocycles. The molecule has 0 aliphatic heterocycles. The Kier molecular flexibility index (Phi) is 11.6. The normalized spacial score (nSPS) is 13.5. The van der Waals surface area contributed by atoms with Gasteiger partial charge in [-0.1, -0.05) is 128 Å². The zero-order valence-corrected chi connectivity index (χ0v) is 42.0. The van der Waals surface area contributed by atoms with E-state index in [-0.39, 0.29) is 37.5 Å². The van der Waals surface area contributed by atoms with Crippen LogP contribution in [0.3, 0.4) is 0 Å². The van der Waals surface area contributed by atoms with Gasteiger partial charge in [0.15, 0.2) is 0 Å². The summed E-state index contributed by atoms with van der Waals surface area (Å²) >= 11 is 0. The van der Waals surface area contributed by atoms with Gasteiger partial charge in [0.25, 0.3) is 0 Å². The van der Waals surface area contributed by atoms with E-state index < -0.39 is 26.7 Å². The van der Waals surface area contributed by atoms with Crippen LogP contribution < -0.4 is 5.19 Å². The Morgan fingerprint density at radius 3 is 2.20 bits per heavy atom. The quantitative estimate of drug-likeness (QED) is 0.112. The van der Waals surface area contributed by atoms with Crippen molar-refractivity contribution in [2.45, 2.75) is 100 Å². The van der Waals surface area contributed by atoms with Gasteiger partial charge >= 0.3 is 0 Å². The number of imidazole rings is 1. The molecule has 0 aliphatic rings. The van der Waals surface area contributed by atoms with E-state index in [1.54, 1.807) is 24.5 Å². The molecule has 0 saturated heterocycles. The molecule has 0 fully saturated rings. The molecule has 6 nitrogen and oxygen atoms in total. The molecule has 1 radical (unpaired) electrons. The third kappa shape index (κ3) is 9.61. The molecule has 4 aromatic carbocycles. The smallest absolute Gasteiger partial charge is 0.216 e. The average Bonchev–Trinajstić information content (AvgIpc) is 3.86. The number of furan rings is 1. The number of hydrogen-bond acceptors (Lipinski definition) is 5. The van der Waals surface area contributed by atoms with Gasteiger partial charge in [-0.25, -0.2) is 4.98 Å². The molecule has 9 aromatic rings. The number of benzene rings is 4. The third-order valence-corrected chi connectivity index (χ3v) is 13.2. The fourth-order valence-corrected chi connectivity index (χ4v) is 9.50. The van der Waals surface area contributed by atoms with E-state index in [0.717, 1.165) is 55.3 Å². The van der Waals surface area contributed by atoms with Crippen LogP contribution in [0.15, 0.2) is 120 Å². The van der Waals surface area contributed by atoms with Gasteiger partial charge in [0.1, 0.15) is 0 Å². The Morgan fingerprint density at radius 2 is 1.56 bits per heavy atom. The zero-order valence-electron chi connectivity index (χ0n) is 43.6. The summed E-state index contributed by atoms with van der Waals surface area (Å²) in [6.45, 7) is 21.1. The summed E-state index contributed by atoms with van der Waals surface area (Å²) in [4.78, 5) is 18.9. The molecule has 329 valence electrons. The molecule has 0 spiro atoms. The van der Waals surface area contributed by atoms with Crippen molar-refractivity contribution in [3.63, 3.8) is 0 Å². The average molecular weight is 1040 g/mol. The predicted molar refractivity (Wildman–Crippen MR) is 266 cm³/mol. The minimum Gasteiger partial charge on any atom is -0.486 e. The maximum atomic E-state index is 8.79. The van der Waals surface area contributed by atoms with Crippen LogP contribution in [0.1, 0.15) is 95.1 Å². The van der Waals surface area contributed by atoms with Crippen molar-refractivity contribution in [2.24, 2.45) is 5.41 Å². The number of aromatic nitrogens is 5. The van der Waals surface area contributed by atoms with Crippen molar-refractivity contribution in [2.75, 3.05) is 0 Å². The Hall–Kier alpha value is -5.53. The van der Waals surface area contributed by atoms with E-state index in [9.17, 15) is 0 Å². The number of fused-ring (bicyclic) bond motifs is 4. The standard InChI is InChI=1S/C36H31N4O.C20H28NSi.Ir/c1-21(2)29-18-25(24-10-7-6-8-11-24)19-30(22(3)4)33(29)40-32-20-37-17-16-31(32)39-35(40)28-13-9-12-26-27-15-14-23(5)38-36(27)41-34(26)28;1-15-8-10-16(11-9-15)18-12-17(13-20(2,3)4)19(14-21-18)22(5,6)7;/h6-12,14-22H,1-5H3;8-10,12,14H,13H2,1-7H3;/q2*-1;/i;1D3,13D2;. The van der Waals surface area contributed by atoms with Crippen LogP contribution in [0.2, 0.25) is 19.6 Å². The number of hydrogen-bond donors (Lipinski definition) is 0. The first-order valence-corrected chi connectivity index (χ1v) is 25.3. The van der Waals surface area contributed by atoms with Crippen molar-refractivity contribution in [3.8, 4) is 39.5 Å². The largest absolute Gasteiger partial charge is 0.486 e. The van der Waals surface area contributed by atoms with Gasteiger partial charge in [-0.3, -0.25) is 9.97 Å². The van der Waals surface area contributed by atoms with Crippen LogP contribution in [0.25, 0.3) is 72.6 Å². The maximum Gasteiger partial charge on any atom is 0.216 e. The molecule has 5 aromatic heterocycles. The number of pyridine rings is 3. The van der Waals surface area contributed by atoms with Crippen LogP contribution in [-0.4, -0.2) is 32.6 Å². The molecule has 0 saturated carbocycles. The fourth-order valence-electron chi connectivity index (χ4n) is 8.11. The first-order chi connectivity index (χ1) is 32.0. The Morgan fingerprint density at radius 1 is 0.828 bits per heavy atom. The molecule has 0 bridgehead atoms. The van der Waals surface area contributed by atoms with E-state index in [1.165, 1.54) is 28.3 Å². The van der Waals surface area contributed by atoms with Gasteiger partial charge in [-0.2, -0.15) is 0 Å². The number of aryl methyl sites for hydroxylation is 2.